The standard InChI is InChI=1S/C27H32ClN5O4/c1-15-10-29-11-21-24(15)19-8-16(28)9-20(25(19)31-21)32-26(36)22-13-37-27(2,3)14-33(22)12-23(35)30-17-4-6-18(34)7-5-17/h8-11,17,22,31H,4-7,12-14H2,1-3H3,(H,30,35)(H,32,36)/t22-/m0/s1. The number of pyridine rings is 1. The zero-order valence-corrected chi connectivity index (χ0v) is 22.1. The number of carbonyl (C=O) groups excluding carboxylic acids is 3. The summed E-state index contributed by atoms with van der Waals surface area (Å²) in [5.74, 6) is -0.184. The molecule has 10 heteroatoms. The monoisotopic (exact) mass is 525 g/mol. The fraction of sp³-hybridized carbons (Fsp3) is 0.481. The van der Waals surface area contributed by atoms with Crippen LogP contribution in [0.1, 0.15) is 45.1 Å². The Balaban J connectivity index is 1.36. The first kappa shape index (κ1) is 25.6. The van der Waals surface area contributed by atoms with Crippen LogP contribution in [-0.2, 0) is 19.1 Å². The molecule has 2 fully saturated rings. The quantitative estimate of drug-likeness (QED) is 0.467. The van der Waals surface area contributed by atoms with Gasteiger partial charge in [0.1, 0.15) is 11.8 Å². The Kier molecular flexibility index (Phi) is 6.95. The summed E-state index contributed by atoms with van der Waals surface area (Å²) in [5, 5.41) is 8.48. The van der Waals surface area contributed by atoms with Crippen LogP contribution in [0.4, 0.5) is 5.69 Å². The number of H-pyrrole nitrogens is 1. The Labute approximate surface area is 220 Å². The molecule has 0 unspecified atom stereocenters. The zero-order chi connectivity index (χ0) is 26.3. The van der Waals surface area contributed by atoms with Crippen molar-refractivity contribution < 1.29 is 19.1 Å². The number of ether oxygens (including phenoxy) is 1. The van der Waals surface area contributed by atoms with E-state index in [1.165, 1.54) is 0 Å². The molecule has 5 rings (SSSR count). The highest BCUT2D eigenvalue weighted by atomic mass is 35.5. The molecule has 3 heterocycles. The number of nitrogens with one attached hydrogen (secondary N) is 3. The fourth-order valence-electron chi connectivity index (χ4n) is 5.41. The average Bonchev–Trinajstić information content (AvgIpc) is 3.20. The number of anilines is 1. The summed E-state index contributed by atoms with van der Waals surface area (Å²) in [6, 6.07) is 2.93. The second-order valence-corrected chi connectivity index (χ2v) is 11.2. The molecule has 2 amide bonds. The Hall–Kier alpha value is -3.01. The van der Waals surface area contributed by atoms with Crippen LogP contribution in [0.5, 0.6) is 0 Å². The van der Waals surface area contributed by atoms with Gasteiger partial charge in [-0.2, -0.15) is 0 Å². The van der Waals surface area contributed by atoms with Crippen molar-refractivity contribution in [2.45, 2.75) is 64.1 Å². The van der Waals surface area contributed by atoms with Gasteiger partial charge in [-0.3, -0.25) is 24.3 Å². The first-order valence-corrected chi connectivity index (χ1v) is 13.0. The highest BCUT2D eigenvalue weighted by molar-refractivity contribution is 6.33. The van der Waals surface area contributed by atoms with Crippen molar-refractivity contribution in [3.05, 3.63) is 35.1 Å². The van der Waals surface area contributed by atoms with Crippen molar-refractivity contribution in [1.29, 1.82) is 0 Å². The number of carbonyl (C=O) groups is 3. The molecule has 3 N–H and O–H groups in total. The third-order valence-corrected chi connectivity index (χ3v) is 7.46. The van der Waals surface area contributed by atoms with E-state index in [1.54, 1.807) is 18.5 Å². The number of hydrogen-bond donors (Lipinski definition) is 3. The minimum atomic E-state index is -0.659. The lowest BCUT2D eigenvalue weighted by atomic mass is 9.94. The van der Waals surface area contributed by atoms with E-state index in [4.69, 9.17) is 16.3 Å². The van der Waals surface area contributed by atoms with Crippen LogP contribution in [0.15, 0.2) is 24.5 Å². The summed E-state index contributed by atoms with van der Waals surface area (Å²) in [7, 11) is 0. The first-order chi connectivity index (χ1) is 17.6. The molecule has 37 heavy (non-hydrogen) atoms. The molecular weight excluding hydrogens is 494 g/mol. The number of aromatic amines is 1. The molecule has 1 saturated carbocycles. The van der Waals surface area contributed by atoms with Crippen LogP contribution in [0.2, 0.25) is 5.02 Å². The maximum atomic E-state index is 13.6. The number of Topliss-reactive ketones (excluding diaryl/α,β-unsaturated/α-hetero) is 1. The van der Waals surface area contributed by atoms with Gasteiger partial charge in [0.2, 0.25) is 11.8 Å². The normalized spacial score (nSPS) is 20.9. The predicted octanol–water partition coefficient (Wildman–Crippen LogP) is 3.72. The van der Waals surface area contributed by atoms with E-state index in [1.807, 2.05) is 31.7 Å². The molecule has 1 atom stereocenters. The second kappa shape index (κ2) is 10.0. The highest BCUT2D eigenvalue weighted by Crippen LogP contribution is 2.35. The van der Waals surface area contributed by atoms with Crippen LogP contribution >= 0.6 is 11.6 Å². The Morgan fingerprint density at radius 1 is 1.24 bits per heavy atom. The van der Waals surface area contributed by atoms with E-state index in [0.29, 0.717) is 42.9 Å². The molecule has 196 valence electrons. The van der Waals surface area contributed by atoms with Crippen molar-refractivity contribution in [3.8, 4) is 0 Å². The number of nitrogens with zero attached hydrogens (tertiary/aromatic N) is 2. The number of rotatable bonds is 5. The molecule has 2 aliphatic rings. The minimum absolute atomic E-state index is 0.00812. The predicted molar refractivity (Wildman–Crippen MR) is 143 cm³/mol. The van der Waals surface area contributed by atoms with Gasteiger partial charge < -0.3 is 20.4 Å². The molecule has 0 bridgehead atoms. The Morgan fingerprint density at radius 2 is 2.00 bits per heavy atom. The molecular formula is C27H32ClN5O4. The number of fused-ring (bicyclic) bond motifs is 3. The van der Waals surface area contributed by atoms with Crippen LogP contribution in [0.25, 0.3) is 21.8 Å². The maximum Gasteiger partial charge on any atom is 0.244 e. The van der Waals surface area contributed by atoms with Gasteiger partial charge in [-0.15, -0.1) is 0 Å². The number of benzene rings is 1. The van der Waals surface area contributed by atoms with Crippen molar-refractivity contribution in [3.63, 3.8) is 0 Å². The lowest BCUT2D eigenvalue weighted by Crippen LogP contribution is -2.60. The molecule has 0 radical (unpaired) electrons. The van der Waals surface area contributed by atoms with E-state index >= 15 is 0 Å². The van der Waals surface area contributed by atoms with E-state index in [0.717, 1.165) is 27.4 Å². The third-order valence-electron chi connectivity index (χ3n) is 7.24. The van der Waals surface area contributed by atoms with E-state index in [-0.39, 0.29) is 36.8 Å². The SMILES string of the molecule is Cc1cncc2[nH]c3c(NC(=O)[C@@H]4COC(C)(C)CN4CC(=O)NC4CCC(=O)CC4)cc(Cl)cc3c12. The van der Waals surface area contributed by atoms with Crippen molar-refractivity contribution in [2.75, 3.05) is 25.0 Å². The number of aryl methyl sites for hydroxylation is 1. The van der Waals surface area contributed by atoms with Gasteiger partial charge >= 0.3 is 0 Å². The van der Waals surface area contributed by atoms with E-state index in [9.17, 15) is 14.4 Å². The zero-order valence-electron chi connectivity index (χ0n) is 21.3. The summed E-state index contributed by atoms with van der Waals surface area (Å²) in [4.78, 5) is 47.5. The number of hydrogen-bond acceptors (Lipinski definition) is 6. The first-order valence-electron chi connectivity index (χ1n) is 12.6. The van der Waals surface area contributed by atoms with E-state index in [2.05, 4.69) is 20.6 Å². The third kappa shape index (κ3) is 5.49. The lowest BCUT2D eigenvalue weighted by Gasteiger charge is -2.42. The number of amides is 2. The smallest absolute Gasteiger partial charge is 0.244 e. The second-order valence-electron chi connectivity index (χ2n) is 10.7. The maximum absolute atomic E-state index is 13.6. The van der Waals surface area contributed by atoms with Crippen molar-refractivity contribution >= 4 is 56.7 Å². The number of halogens is 1. The molecule has 3 aromatic rings. The van der Waals surface area contributed by atoms with Crippen LogP contribution < -0.4 is 10.6 Å². The largest absolute Gasteiger partial charge is 0.372 e. The fourth-order valence-corrected chi connectivity index (χ4v) is 5.63. The molecule has 1 aromatic carbocycles. The Bertz CT molecular complexity index is 1370. The summed E-state index contributed by atoms with van der Waals surface area (Å²) in [5.41, 5.74) is 2.68. The van der Waals surface area contributed by atoms with Gasteiger partial charge in [-0.1, -0.05) is 11.6 Å². The van der Waals surface area contributed by atoms with Gasteiger partial charge in [-0.25, -0.2) is 0 Å². The molecule has 0 spiro atoms. The lowest BCUT2D eigenvalue weighted by molar-refractivity contribution is -0.147. The minimum Gasteiger partial charge on any atom is -0.372 e. The molecule has 1 aliphatic carbocycles. The van der Waals surface area contributed by atoms with E-state index < -0.39 is 11.6 Å². The van der Waals surface area contributed by atoms with Crippen molar-refractivity contribution in [2.24, 2.45) is 0 Å². The molecule has 9 nitrogen and oxygen atoms in total. The van der Waals surface area contributed by atoms with Crippen LogP contribution in [-0.4, -0.2) is 69.8 Å². The number of morpholine rings is 1. The van der Waals surface area contributed by atoms with Gasteiger partial charge in [0.05, 0.1) is 41.7 Å². The number of ketones is 1. The summed E-state index contributed by atoms with van der Waals surface area (Å²) < 4.78 is 5.97. The van der Waals surface area contributed by atoms with Crippen LogP contribution in [0.3, 0.4) is 0 Å². The van der Waals surface area contributed by atoms with Gasteiger partial charge in [0.25, 0.3) is 0 Å². The number of aromatic nitrogens is 2. The van der Waals surface area contributed by atoms with Crippen LogP contribution in [0, 0.1) is 6.92 Å². The van der Waals surface area contributed by atoms with Gasteiger partial charge in [0, 0.05) is 47.4 Å². The summed E-state index contributed by atoms with van der Waals surface area (Å²) >= 11 is 6.45. The summed E-state index contributed by atoms with van der Waals surface area (Å²) in [6.45, 7) is 6.52. The topological polar surface area (TPSA) is 116 Å². The van der Waals surface area contributed by atoms with Crippen molar-refractivity contribution in [1.82, 2.24) is 20.2 Å². The summed E-state index contributed by atoms with van der Waals surface area (Å²) in [6.07, 6.45) is 5.86. The van der Waals surface area contributed by atoms with Gasteiger partial charge in [0.15, 0.2) is 0 Å². The Morgan fingerprint density at radius 3 is 2.76 bits per heavy atom. The highest BCUT2D eigenvalue weighted by Gasteiger charge is 2.39. The average molecular weight is 526 g/mol. The molecule has 1 aliphatic heterocycles. The molecule has 2 aromatic heterocycles. The van der Waals surface area contributed by atoms with Gasteiger partial charge in [-0.05, 0) is 51.3 Å². The molecule has 1 saturated heterocycles.